The molecule has 3 atom stereocenters. The number of amides is 1. The van der Waals surface area contributed by atoms with Crippen LogP contribution in [-0.4, -0.2) is 70.4 Å². The number of fused-ring (bicyclic) bond motifs is 1. The molecule has 7 rings (SSSR count). The van der Waals surface area contributed by atoms with Gasteiger partial charge in [0.15, 0.2) is 0 Å². The number of carbonyl (C=O) groups is 1. The third kappa shape index (κ3) is 7.50. The van der Waals surface area contributed by atoms with Crippen LogP contribution in [0, 0.1) is 0 Å². The van der Waals surface area contributed by atoms with Gasteiger partial charge in [0.05, 0.1) is 41.1 Å². The van der Waals surface area contributed by atoms with E-state index >= 15 is 0 Å². The highest BCUT2D eigenvalue weighted by molar-refractivity contribution is 6.39. The summed E-state index contributed by atoms with van der Waals surface area (Å²) < 4.78 is 12.5. The van der Waals surface area contributed by atoms with Crippen LogP contribution >= 0.6 is 23.2 Å². The molecule has 264 valence electrons. The maximum Gasteiger partial charge on any atom is 0.262 e. The highest BCUT2D eigenvalue weighted by Crippen LogP contribution is 2.42. The molecule has 3 aromatic heterocycles. The maximum atomic E-state index is 13.3. The number of aliphatic hydroxyl groups is 1. The van der Waals surface area contributed by atoms with Gasteiger partial charge in [-0.25, -0.2) is 9.97 Å². The average molecular weight is 730 g/mol. The number of pyridine rings is 2. The van der Waals surface area contributed by atoms with Crippen LogP contribution in [0.3, 0.4) is 0 Å². The van der Waals surface area contributed by atoms with Crippen molar-refractivity contribution in [3.63, 3.8) is 0 Å². The van der Waals surface area contributed by atoms with E-state index in [1.807, 2.05) is 60.7 Å². The summed E-state index contributed by atoms with van der Waals surface area (Å²) in [6, 6.07) is 19.1. The predicted octanol–water partition coefficient (Wildman–Crippen LogP) is 5.01. The Morgan fingerprint density at radius 3 is 2.49 bits per heavy atom. The third-order valence-electron chi connectivity index (χ3n) is 9.46. The van der Waals surface area contributed by atoms with E-state index in [2.05, 4.69) is 20.9 Å². The van der Waals surface area contributed by atoms with Gasteiger partial charge in [-0.2, -0.15) is 0 Å². The third-order valence-corrected chi connectivity index (χ3v) is 10.3. The van der Waals surface area contributed by atoms with Crippen LogP contribution in [0.5, 0.6) is 5.88 Å². The highest BCUT2D eigenvalue weighted by Gasteiger charge is 2.24. The van der Waals surface area contributed by atoms with E-state index in [-0.39, 0.29) is 36.7 Å². The van der Waals surface area contributed by atoms with E-state index in [0.717, 1.165) is 39.8 Å². The van der Waals surface area contributed by atoms with Crippen LogP contribution in [0.25, 0.3) is 39.2 Å². The molecule has 0 aliphatic carbocycles. The fourth-order valence-electron chi connectivity index (χ4n) is 6.65. The van der Waals surface area contributed by atoms with Crippen LogP contribution in [0.4, 0.5) is 0 Å². The number of nitrogens with one attached hydrogen (secondary N) is 3. The summed E-state index contributed by atoms with van der Waals surface area (Å²) in [5.74, 6) is 0.580. The number of aromatic nitrogens is 3. The first-order valence-corrected chi connectivity index (χ1v) is 17.7. The van der Waals surface area contributed by atoms with Gasteiger partial charge in [-0.05, 0) is 36.6 Å². The van der Waals surface area contributed by atoms with Crippen molar-refractivity contribution < 1.29 is 19.4 Å². The minimum Gasteiger partial charge on any atom is -0.481 e. The van der Waals surface area contributed by atoms with E-state index in [9.17, 15) is 14.7 Å². The first-order valence-electron chi connectivity index (χ1n) is 16.9. The lowest BCUT2D eigenvalue weighted by Gasteiger charge is -2.28. The number of nitrogens with zero attached hydrogens (tertiary/aromatic N) is 3. The van der Waals surface area contributed by atoms with Crippen molar-refractivity contribution in [1.82, 2.24) is 30.3 Å². The number of ether oxygens (including phenoxy) is 2. The number of methoxy groups -OCH3 is 1. The fraction of sp³-hybridized carbons (Fsp3) is 0.316. The second kappa shape index (κ2) is 15.5. The zero-order valence-corrected chi connectivity index (χ0v) is 29.5. The van der Waals surface area contributed by atoms with E-state index in [1.54, 1.807) is 19.5 Å². The monoisotopic (exact) mass is 728 g/mol. The normalized spacial score (nSPS) is 19.0. The van der Waals surface area contributed by atoms with E-state index in [4.69, 9.17) is 37.7 Å². The molecule has 5 heterocycles. The molecule has 2 saturated heterocycles. The lowest BCUT2D eigenvalue weighted by atomic mass is 9.97. The molecule has 2 aliphatic heterocycles. The van der Waals surface area contributed by atoms with Crippen molar-refractivity contribution in [1.29, 1.82) is 0 Å². The number of hydrogen-bond donors (Lipinski definition) is 4. The lowest BCUT2D eigenvalue weighted by Crippen LogP contribution is -2.46. The van der Waals surface area contributed by atoms with Crippen LogP contribution in [0.15, 0.2) is 77.9 Å². The van der Waals surface area contributed by atoms with Crippen LogP contribution in [0.1, 0.15) is 30.4 Å². The van der Waals surface area contributed by atoms with E-state index in [1.165, 1.54) is 4.40 Å². The maximum absolute atomic E-state index is 13.3. The molecule has 13 heteroatoms. The second-order valence-corrected chi connectivity index (χ2v) is 13.5. The standard InChI is InChI=1S/C38H38Cl2N6O5/c1-50-37-23(17-41-20-25-9-11-34(48)44-25)8-10-30(45-37)29-7-3-6-28(36(29)40)27-5-2-4-26(35(27)39)22-12-14-46-33(16-22)43-19-24(38(46)49)18-42-31-13-15-51-21-32(31)47/h2-8,10,12,14,16,19,25,31-32,41-42,47H,9,11,13,15,17-18,20-21H2,1H3,(H,44,48)/t25-,31-,32+/m0/s1. The number of benzene rings is 2. The first kappa shape index (κ1) is 35.1. The topological polar surface area (TPSA) is 139 Å². The molecule has 2 fully saturated rings. The second-order valence-electron chi connectivity index (χ2n) is 12.8. The Morgan fingerprint density at radius 1 is 0.980 bits per heavy atom. The quantitative estimate of drug-likeness (QED) is 0.148. The molecule has 11 nitrogen and oxygen atoms in total. The van der Waals surface area contributed by atoms with Crippen molar-refractivity contribution >= 4 is 34.8 Å². The van der Waals surface area contributed by atoms with Gasteiger partial charge in [-0.15, -0.1) is 0 Å². The summed E-state index contributed by atoms with van der Waals surface area (Å²) >= 11 is 14.2. The predicted molar refractivity (Wildman–Crippen MR) is 197 cm³/mol. The molecule has 0 radical (unpaired) electrons. The van der Waals surface area contributed by atoms with Crippen molar-refractivity contribution in [3.8, 4) is 39.4 Å². The molecule has 4 N–H and O–H groups in total. The number of halogens is 2. The van der Waals surface area contributed by atoms with Crippen molar-refractivity contribution in [2.45, 2.75) is 50.5 Å². The minimum absolute atomic E-state index is 0.0916. The summed E-state index contributed by atoms with van der Waals surface area (Å²) in [4.78, 5) is 34.2. The molecule has 2 aliphatic rings. The van der Waals surface area contributed by atoms with Gasteiger partial charge in [-0.3, -0.25) is 14.0 Å². The Bertz CT molecular complexity index is 2140. The largest absolute Gasteiger partial charge is 0.481 e. The molecule has 5 aromatic rings. The molecule has 2 aromatic carbocycles. The average Bonchev–Trinajstić information content (AvgIpc) is 3.57. The van der Waals surface area contributed by atoms with Crippen molar-refractivity contribution in [2.24, 2.45) is 0 Å². The minimum atomic E-state index is -0.616. The summed E-state index contributed by atoms with van der Waals surface area (Å²) in [6.45, 7) is 2.34. The first-order chi connectivity index (χ1) is 24.8. The smallest absolute Gasteiger partial charge is 0.262 e. The Balaban J connectivity index is 1.12. The Hall–Kier alpha value is -4.36. The van der Waals surface area contributed by atoms with Crippen molar-refractivity contribution in [2.75, 3.05) is 26.9 Å². The van der Waals surface area contributed by atoms with Crippen LogP contribution < -0.4 is 26.2 Å². The molecular formula is C38H38Cl2N6O5. The van der Waals surface area contributed by atoms with Gasteiger partial charge < -0.3 is 30.5 Å². The summed E-state index contributed by atoms with van der Waals surface area (Å²) in [7, 11) is 1.59. The van der Waals surface area contributed by atoms with Gasteiger partial charge in [0.2, 0.25) is 11.8 Å². The van der Waals surface area contributed by atoms with Gasteiger partial charge in [0, 0.05) is 85.0 Å². The van der Waals surface area contributed by atoms with E-state index < -0.39 is 6.10 Å². The zero-order valence-electron chi connectivity index (χ0n) is 28.0. The zero-order chi connectivity index (χ0) is 35.5. The summed E-state index contributed by atoms with van der Waals surface area (Å²) in [5, 5.41) is 20.8. The molecule has 0 unspecified atom stereocenters. The molecule has 51 heavy (non-hydrogen) atoms. The Kier molecular flexibility index (Phi) is 10.6. The number of aliphatic hydroxyl groups excluding tert-OH is 1. The number of carbonyl (C=O) groups excluding carboxylic acids is 1. The van der Waals surface area contributed by atoms with Crippen molar-refractivity contribution in [3.05, 3.63) is 105 Å². The summed E-state index contributed by atoms with van der Waals surface area (Å²) in [6.07, 6.45) is 4.72. The molecule has 0 spiro atoms. The van der Waals surface area contributed by atoms with Gasteiger partial charge >= 0.3 is 0 Å². The highest BCUT2D eigenvalue weighted by atomic mass is 35.5. The molecule has 1 amide bonds. The Labute approximate surface area is 305 Å². The fourth-order valence-corrected chi connectivity index (χ4v) is 7.31. The number of rotatable bonds is 11. The van der Waals surface area contributed by atoms with Gasteiger partial charge in [0.1, 0.15) is 5.65 Å². The molecule has 0 bridgehead atoms. The SMILES string of the molecule is COc1nc(-c2cccc(-c3cccc(-c4ccn5c(=O)c(CN[C@H]6CCOC[C@H]6O)cnc5c4)c3Cl)c2Cl)ccc1CNC[C@@H]1CCC(=O)N1. The Morgan fingerprint density at radius 2 is 1.75 bits per heavy atom. The van der Waals surface area contributed by atoms with Crippen LogP contribution in [-0.2, 0) is 22.6 Å². The van der Waals surface area contributed by atoms with E-state index in [0.29, 0.717) is 65.4 Å². The van der Waals surface area contributed by atoms with Gasteiger partial charge in [0.25, 0.3) is 5.56 Å². The lowest BCUT2D eigenvalue weighted by molar-refractivity contribution is -0.119. The number of hydrogen-bond acceptors (Lipinski definition) is 9. The molecule has 0 saturated carbocycles. The van der Waals surface area contributed by atoms with Gasteiger partial charge in [-0.1, -0.05) is 65.7 Å². The summed E-state index contributed by atoms with van der Waals surface area (Å²) in [5.41, 5.74) is 6.13. The van der Waals surface area contributed by atoms with Crippen LogP contribution in [0.2, 0.25) is 10.0 Å². The molecular weight excluding hydrogens is 691 g/mol.